The molecule has 1 fully saturated rings. The summed E-state index contributed by atoms with van der Waals surface area (Å²) in [5.74, 6) is 1.85. The molecule has 4 rings (SSSR count). The predicted molar refractivity (Wildman–Crippen MR) is 147 cm³/mol. The zero-order chi connectivity index (χ0) is 25.7. The Hall–Kier alpha value is -1.60. The number of alkyl halides is 3. The van der Waals surface area contributed by atoms with Gasteiger partial charge < -0.3 is 14.8 Å². The fourth-order valence-corrected chi connectivity index (χ4v) is 7.17. The lowest BCUT2D eigenvalue weighted by molar-refractivity contribution is -0.0971. The van der Waals surface area contributed by atoms with Gasteiger partial charge in [0.15, 0.2) is 0 Å². The third kappa shape index (κ3) is 6.27. The molecule has 0 radical (unpaired) electrons. The molecule has 1 aromatic heterocycles. The van der Waals surface area contributed by atoms with Gasteiger partial charge in [-0.05, 0) is 56.0 Å². The lowest BCUT2D eigenvalue weighted by Crippen LogP contribution is -2.41. The number of aromatic nitrogens is 1. The van der Waals surface area contributed by atoms with Crippen LogP contribution < -0.4 is 5.32 Å². The first-order chi connectivity index (χ1) is 17.3. The summed E-state index contributed by atoms with van der Waals surface area (Å²) in [5.41, 5.74) is 3.84. The molecule has 36 heavy (non-hydrogen) atoms. The van der Waals surface area contributed by atoms with E-state index < -0.39 is 23.7 Å². The Morgan fingerprint density at radius 3 is 2.31 bits per heavy atom. The molecule has 1 aromatic rings. The van der Waals surface area contributed by atoms with Gasteiger partial charge in [-0.1, -0.05) is 51.7 Å². The smallest absolute Gasteiger partial charge is 0.378 e. The number of unbranched alkanes of at least 4 members (excludes halogenated alkanes) is 6. The number of allylic oxidation sites excluding steroid dienone is 1. The predicted octanol–water partition coefficient (Wildman–Crippen LogP) is 7.22. The Kier molecular flexibility index (Phi) is 9.37. The van der Waals surface area contributed by atoms with Gasteiger partial charge in [0.1, 0.15) is 0 Å². The van der Waals surface area contributed by atoms with Crippen molar-refractivity contribution in [3.8, 4) is 0 Å². The van der Waals surface area contributed by atoms with Crippen molar-refractivity contribution in [1.29, 1.82) is 0 Å². The summed E-state index contributed by atoms with van der Waals surface area (Å²) in [7, 11) is 0. The van der Waals surface area contributed by atoms with E-state index in [-0.39, 0.29) is 0 Å². The maximum absolute atomic E-state index is 14.0. The molecule has 0 saturated carbocycles. The van der Waals surface area contributed by atoms with Crippen LogP contribution in [0, 0.1) is 6.92 Å². The fraction of sp³-hybridized carbons (Fsp3) is 0.655. The summed E-state index contributed by atoms with van der Waals surface area (Å²) in [6.45, 7) is 12.5. The number of nitrogens with one attached hydrogen (secondary N) is 1. The highest BCUT2D eigenvalue weighted by atomic mass is 32.2. The Labute approximate surface area is 219 Å². The molecule has 1 saturated heterocycles. The van der Waals surface area contributed by atoms with Crippen LogP contribution in [-0.4, -0.2) is 52.8 Å². The van der Waals surface area contributed by atoms with Crippen LogP contribution in [0.4, 0.5) is 13.2 Å². The van der Waals surface area contributed by atoms with E-state index in [0.29, 0.717) is 5.70 Å². The van der Waals surface area contributed by atoms with Gasteiger partial charge in [-0.2, -0.15) is 24.9 Å². The highest BCUT2D eigenvalue weighted by Gasteiger charge is 2.47. The van der Waals surface area contributed by atoms with Crippen LogP contribution in [0.1, 0.15) is 80.3 Å². The summed E-state index contributed by atoms with van der Waals surface area (Å²) in [6.07, 6.45) is 10.3. The summed E-state index contributed by atoms with van der Waals surface area (Å²) in [4.78, 5) is 2.60. The molecule has 0 spiro atoms. The summed E-state index contributed by atoms with van der Waals surface area (Å²) >= 11 is 2.07. The average molecular weight is 522 g/mol. The van der Waals surface area contributed by atoms with Crippen molar-refractivity contribution in [2.24, 2.45) is 0 Å². The molecule has 2 aliphatic heterocycles. The van der Waals surface area contributed by atoms with E-state index in [0.717, 1.165) is 36.2 Å². The first-order valence-corrected chi connectivity index (χ1v) is 14.9. The van der Waals surface area contributed by atoms with E-state index in [1.807, 2.05) is 19.1 Å². The van der Waals surface area contributed by atoms with Gasteiger partial charge in [-0.3, -0.25) is 0 Å². The summed E-state index contributed by atoms with van der Waals surface area (Å²) < 4.78 is 44.4. The van der Waals surface area contributed by atoms with Crippen LogP contribution in [0.25, 0.3) is 6.08 Å². The van der Waals surface area contributed by atoms with E-state index in [4.69, 9.17) is 0 Å². The van der Waals surface area contributed by atoms with Crippen LogP contribution in [0.3, 0.4) is 0 Å². The van der Waals surface area contributed by atoms with Gasteiger partial charge in [0.2, 0.25) is 0 Å². The van der Waals surface area contributed by atoms with Crippen LogP contribution in [0.5, 0.6) is 0 Å². The van der Waals surface area contributed by atoms with Gasteiger partial charge >= 0.3 is 6.18 Å². The second-order valence-corrected chi connectivity index (χ2v) is 11.7. The van der Waals surface area contributed by atoms with Gasteiger partial charge in [-0.15, -0.1) is 0 Å². The van der Waals surface area contributed by atoms with E-state index in [1.54, 1.807) is 0 Å². The molecule has 1 N–H and O–H groups in total. The van der Waals surface area contributed by atoms with Gasteiger partial charge in [0.25, 0.3) is 0 Å². The van der Waals surface area contributed by atoms with Crippen molar-refractivity contribution in [3.63, 3.8) is 0 Å². The molecular weight excluding hydrogens is 479 g/mol. The number of nitrogens with zero attached hydrogens (tertiary/aromatic N) is 2. The molecule has 0 amide bonds. The van der Waals surface area contributed by atoms with Gasteiger partial charge in [0, 0.05) is 59.7 Å². The zero-order valence-corrected chi connectivity index (χ0v) is 22.7. The van der Waals surface area contributed by atoms with E-state index in [9.17, 15) is 13.2 Å². The molecule has 3 aliphatic rings. The maximum atomic E-state index is 14.0. The second kappa shape index (κ2) is 12.3. The quantitative estimate of drug-likeness (QED) is 0.310. The van der Waals surface area contributed by atoms with Crippen molar-refractivity contribution in [2.75, 3.05) is 31.1 Å². The van der Waals surface area contributed by atoms with Crippen LogP contribution >= 0.6 is 11.8 Å². The lowest BCUT2D eigenvalue weighted by atomic mass is 9.77. The molecule has 200 valence electrons. The lowest BCUT2D eigenvalue weighted by Gasteiger charge is -2.37. The standard InChI is InChI=1S/C29H42F3N3S/c1-4-25-22(3)27-26(13-12-24-28(27)23(29(30,31)32)20-21(2)33-24)35(25)15-11-9-7-5-6-8-10-14-34-16-18-36-19-17-34/h12-13,20,24,28,33H,2,4-11,14-19H2,1,3H3. The molecule has 1 aliphatic carbocycles. The third-order valence-corrected chi connectivity index (χ3v) is 8.94. The molecular formula is C29H42F3N3S. The molecule has 0 aromatic carbocycles. The Morgan fingerprint density at radius 1 is 1.03 bits per heavy atom. The molecule has 0 bridgehead atoms. The maximum Gasteiger partial charge on any atom is 0.413 e. The van der Waals surface area contributed by atoms with Crippen molar-refractivity contribution in [2.45, 2.75) is 89.9 Å². The SMILES string of the molecule is C=C1C=C(C(F)(F)F)C2c3c(C)c(CC)n(CCCCCCCCCN4CCSCC4)c3C=CC2N1. The Morgan fingerprint density at radius 2 is 1.67 bits per heavy atom. The minimum Gasteiger partial charge on any atom is -0.378 e. The van der Waals surface area contributed by atoms with E-state index >= 15 is 0 Å². The van der Waals surface area contributed by atoms with Crippen LogP contribution in [-0.2, 0) is 13.0 Å². The number of hydrogen-bond acceptors (Lipinski definition) is 3. The molecule has 3 nitrogen and oxygen atoms in total. The minimum absolute atomic E-state index is 0.329. The normalized spacial score (nSPS) is 22.2. The van der Waals surface area contributed by atoms with E-state index in [1.165, 1.54) is 81.4 Å². The van der Waals surface area contributed by atoms with Gasteiger partial charge in [0.05, 0.1) is 6.04 Å². The third-order valence-electron chi connectivity index (χ3n) is 8.00. The topological polar surface area (TPSA) is 20.2 Å². The number of thioether (sulfide) groups is 1. The summed E-state index contributed by atoms with van der Waals surface area (Å²) in [5, 5.41) is 3.16. The molecule has 3 heterocycles. The minimum atomic E-state index is -4.37. The monoisotopic (exact) mass is 521 g/mol. The summed E-state index contributed by atoms with van der Waals surface area (Å²) in [6, 6.07) is -0.403. The molecule has 7 heteroatoms. The largest absolute Gasteiger partial charge is 0.413 e. The molecule has 2 atom stereocenters. The van der Waals surface area contributed by atoms with E-state index in [2.05, 4.69) is 40.0 Å². The first-order valence-electron chi connectivity index (χ1n) is 13.8. The molecule has 2 unspecified atom stereocenters. The highest BCUT2D eigenvalue weighted by molar-refractivity contribution is 7.99. The number of hydrogen-bond donors (Lipinski definition) is 1. The Bertz CT molecular complexity index is 969. The number of fused-ring (bicyclic) bond motifs is 3. The van der Waals surface area contributed by atoms with Crippen molar-refractivity contribution < 1.29 is 13.2 Å². The second-order valence-electron chi connectivity index (χ2n) is 10.4. The Balaban J connectivity index is 1.32. The first kappa shape index (κ1) is 27.4. The number of rotatable bonds is 11. The van der Waals surface area contributed by atoms with Crippen molar-refractivity contribution in [1.82, 2.24) is 14.8 Å². The van der Waals surface area contributed by atoms with Crippen molar-refractivity contribution in [3.05, 3.63) is 52.5 Å². The zero-order valence-electron chi connectivity index (χ0n) is 21.9. The average Bonchev–Trinajstić information content (AvgIpc) is 3.13. The van der Waals surface area contributed by atoms with Crippen LogP contribution in [0.15, 0.2) is 30.0 Å². The van der Waals surface area contributed by atoms with Crippen LogP contribution in [0.2, 0.25) is 0 Å². The number of halogens is 3. The highest BCUT2D eigenvalue weighted by Crippen LogP contribution is 2.47. The van der Waals surface area contributed by atoms with Gasteiger partial charge in [-0.25, -0.2) is 0 Å². The van der Waals surface area contributed by atoms with Crippen molar-refractivity contribution >= 4 is 17.8 Å². The fourth-order valence-electron chi connectivity index (χ4n) is 6.20.